The van der Waals surface area contributed by atoms with Gasteiger partial charge in [0.1, 0.15) is 4.83 Å². The number of nitrogens with zero attached hydrogens (tertiary/aromatic N) is 1. The number of hydrogen-bond donors (Lipinski definition) is 1. The molecule has 0 amide bonds. The number of nitrogens with one attached hydrogen (secondary N) is 1. The Labute approximate surface area is 149 Å². The minimum absolute atomic E-state index is 0.0330. The summed E-state index contributed by atoms with van der Waals surface area (Å²) in [4.78, 5) is 33.1. The van der Waals surface area contributed by atoms with E-state index in [1.54, 1.807) is 6.92 Å². The van der Waals surface area contributed by atoms with Crippen LogP contribution in [0.25, 0.3) is 10.2 Å². The van der Waals surface area contributed by atoms with E-state index in [1.807, 2.05) is 13.8 Å². The molecule has 0 saturated carbocycles. The molecule has 3 rings (SSSR count). The van der Waals surface area contributed by atoms with Crippen molar-refractivity contribution in [1.82, 2.24) is 9.97 Å². The SMILES string of the molecule is Cc1sc2nc([C@H](C)OC(=O)C[C@@H]3CCS(=O)(=O)C3)[nH]c(=O)c2c1C. The van der Waals surface area contributed by atoms with Crippen molar-refractivity contribution >= 4 is 37.4 Å². The summed E-state index contributed by atoms with van der Waals surface area (Å²) in [6.45, 7) is 5.45. The highest BCUT2D eigenvalue weighted by Crippen LogP contribution is 2.27. The van der Waals surface area contributed by atoms with Crippen LogP contribution in [0.1, 0.15) is 42.1 Å². The second-order valence-corrected chi connectivity index (χ2v) is 9.95. The molecular weight excluding hydrogens is 364 g/mol. The van der Waals surface area contributed by atoms with Gasteiger partial charge in [0.2, 0.25) is 0 Å². The normalized spacial score (nSPS) is 20.7. The summed E-state index contributed by atoms with van der Waals surface area (Å²) in [5, 5.41) is 0.570. The Morgan fingerprint density at radius 3 is 2.80 bits per heavy atom. The average Bonchev–Trinajstić information content (AvgIpc) is 2.98. The maximum atomic E-state index is 12.3. The maximum absolute atomic E-state index is 12.3. The molecule has 0 bridgehead atoms. The molecule has 1 aliphatic rings. The van der Waals surface area contributed by atoms with E-state index >= 15 is 0 Å². The highest BCUT2D eigenvalue weighted by atomic mass is 32.2. The second kappa shape index (κ2) is 6.53. The molecule has 0 radical (unpaired) electrons. The van der Waals surface area contributed by atoms with Crippen molar-refractivity contribution in [2.24, 2.45) is 5.92 Å². The Morgan fingerprint density at radius 1 is 1.44 bits per heavy atom. The smallest absolute Gasteiger partial charge is 0.306 e. The monoisotopic (exact) mass is 384 g/mol. The van der Waals surface area contributed by atoms with E-state index in [0.717, 1.165) is 10.4 Å². The molecule has 0 unspecified atom stereocenters. The third-order valence-electron chi connectivity index (χ3n) is 4.53. The van der Waals surface area contributed by atoms with Gasteiger partial charge in [0, 0.05) is 11.3 Å². The Kier molecular flexibility index (Phi) is 4.72. The van der Waals surface area contributed by atoms with Crippen LogP contribution in [-0.4, -0.2) is 35.9 Å². The molecule has 1 saturated heterocycles. The number of sulfone groups is 1. The molecule has 1 N–H and O–H groups in total. The number of H-pyrrole nitrogens is 1. The van der Waals surface area contributed by atoms with Gasteiger partial charge in [0.05, 0.1) is 16.9 Å². The van der Waals surface area contributed by atoms with Gasteiger partial charge < -0.3 is 9.72 Å². The van der Waals surface area contributed by atoms with Crippen LogP contribution in [0, 0.1) is 19.8 Å². The van der Waals surface area contributed by atoms with E-state index in [1.165, 1.54) is 11.3 Å². The lowest BCUT2D eigenvalue weighted by Gasteiger charge is -2.14. The lowest BCUT2D eigenvalue weighted by molar-refractivity contribution is -0.149. The molecule has 0 aliphatic carbocycles. The van der Waals surface area contributed by atoms with Crippen LogP contribution >= 0.6 is 11.3 Å². The zero-order valence-electron chi connectivity index (χ0n) is 14.3. The third kappa shape index (κ3) is 3.77. The molecule has 25 heavy (non-hydrogen) atoms. The molecule has 2 atom stereocenters. The number of esters is 1. The average molecular weight is 384 g/mol. The van der Waals surface area contributed by atoms with Crippen LogP contribution in [0.2, 0.25) is 0 Å². The van der Waals surface area contributed by atoms with Crippen LogP contribution in [0.15, 0.2) is 4.79 Å². The molecule has 0 aromatic carbocycles. The van der Waals surface area contributed by atoms with Crippen molar-refractivity contribution in [2.75, 3.05) is 11.5 Å². The predicted molar refractivity (Wildman–Crippen MR) is 95.6 cm³/mol. The summed E-state index contributed by atoms with van der Waals surface area (Å²) in [6, 6.07) is 0. The van der Waals surface area contributed by atoms with Gasteiger partial charge in [-0.15, -0.1) is 11.3 Å². The van der Waals surface area contributed by atoms with E-state index in [9.17, 15) is 18.0 Å². The van der Waals surface area contributed by atoms with E-state index in [0.29, 0.717) is 22.5 Å². The molecule has 2 aromatic rings. The predicted octanol–water partition coefficient (Wildman–Crippen LogP) is 2.03. The summed E-state index contributed by atoms with van der Waals surface area (Å²) < 4.78 is 28.3. The molecule has 3 heterocycles. The fourth-order valence-electron chi connectivity index (χ4n) is 3.03. The van der Waals surface area contributed by atoms with Gasteiger partial charge in [0.15, 0.2) is 21.8 Å². The minimum Gasteiger partial charge on any atom is -0.454 e. The number of hydrogen-bond acceptors (Lipinski definition) is 7. The second-order valence-electron chi connectivity index (χ2n) is 6.52. The number of aromatic nitrogens is 2. The van der Waals surface area contributed by atoms with Gasteiger partial charge in [-0.25, -0.2) is 13.4 Å². The van der Waals surface area contributed by atoms with Crippen molar-refractivity contribution in [2.45, 2.75) is 39.7 Å². The van der Waals surface area contributed by atoms with Gasteiger partial charge >= 0.3 is 5.97 Å². The fourth-order valence-corrected chi connectivity index (χ4v) is 5.93. The van der Waals surface area contributed by atoms with Gasteiger partial charge in [-0.3, -0.25) is 9.59 Å². The number of carbonyl (C=O) groups is 1. The van der Waals surface area contributed by atoms with Crippen LogP contribution in [0.3, 0.4) is 0 Å². The Balaban J connectivity index is 1.73. The molecule has 136 valence electrons. The van der Waals surface area contributed by atoms with Crippen LogP contribution < -0.4 is 5.56 Å². The molecule has 1 fully saturated rings. The highest BCUT2D eigenvalue weighted by molar-refractivity contribution is 7.91. The first-order valence-corrected chi connectivity index (χ1v) is 10.7. The molecule has 2 aromatic heterocycles. The Bertz CT molecular complexity index is 990. The zero-order valence-corrected chi connectivity index (χ0v) is 15.9. The number of carbonyl (C=O) groups excluding carboxylic acids is 1. The number of ether oxygens (including phenoxy) is 1. The quantitative estimate of drug-likeness (QED) is 0.809. The highest BCUT2D eigenvalue weighted by Gasteiger charge is 2.30. The standard InChI is InChI=1S/C16H20N2O5S2/c1-8-10(3)24-16-13(8)15(20)17-14(18-16)9(2)23-12(19)6-11-4-5-25(21,22)7-11/h9,11H,4-7H2,1-3H3,(H,17,18,20)/t9-,11-/m0/s1. The zero-order chi connectivity index (χ0) is 18.4. The lowest BCUT2D eigenvalue weighted by Crippen LogP contribution is -2.19. The van der Waals surface area contributed by atoms with Crippen LogP contribution in [-0.2, 0) is 19.4 Å². The summed E-state index contributed by atoms with van der Waals surface area (Å²) in [6.07, 6.45) is -0.154. The molecular formula is C16H20N2O5S2. The van der Waals surface area contributed by atoms with Gasteiger partial charge in [-0.05, 0) is 38.7 Å². The van der Waals surface area contributed by atoms with Crippen molar-refractivity contribution in [3.05, 3.63) is 26.6 Å². The minimum atomic E-state index is -3.02. The largest absolute Gasteiger partial charge is 0.454 e. The van der Waals surface area contributed by atoms with Crippen molar-refractivity contribution in [3.8, 4) is 0 Å². The van der Waals surface area contributed by atoms with E-state index in [4.69, 9.17) is 4.74 Å². The molecule has 9 heteroatoms. The van der Waals surface area contributed by atoms with Crippen LogP contribution in [0.4, 0.5) is 0 Å². The maximum Gasteiger partial charge on any atom is 0.306 e. The van der Waals surface area contributed by atoms with E-state index in [2.05, 4.69) is 9.97 Å². The number of aromatic amines is 1. The Hall–Kier alpha value is -1.74. The van der Waals surface area contributed by atoms with Crippen molar-refractivity contribution in [3.63, 3.8) is 0 Å². The topological polar surface area (TPSA) is 106 Å². The molecule has 7 nitrogen and oxygen atoms in total. The van der Waals surface area contributed by atoms with Crippen molar-refractivity contribution in [1.29, 1.82) is 0 Å². The summed E-state index contributed by atoms with van der Waals surface area (Å²) >= 11 is 1.43. The summed E-state index contributed by atoms with van der Waals surface area (Å²) in [5.41, 5.74) is 0.666. The first-order valence-electron chi connectivity index (χ1n) is 8.06. The first-order chi connectivity index (χ1) is 11.7. The van der Waals surface area contributed by atoms with E-state index < -0.39 is 21.9 Å². The lowest BCUT2D eigenvalue weighted by atomic mass is 10.1. The molecule has 0 spiro atoms. The molecule has 1 aliphatic heterocycles. The number of rotatable bonds is 4. The van der Waals surface area contributed by atoms with Crippen LogP contribution in [0.5, 0.6) is 0 Å². The van der Waals surface area contributed by atoms with Gasteiger partial charge in [0.25, 0.3) is 5.56 Å². The fraction of sp³-hybridized carbons (Fsp3) is 0.562. The summed E-state index contributed by atoms with van der Waals surface area (Å²) in [7, 11) is -3.02. The number of aryl methyl sites for hydroxylation is 2. The number of fused-ring (bicyclic) bond motifs is 1. The van der Waals surface area contributed by atoms with E-state index in [-0.39, 0.29) is 29.4 Å². The first kappa shape index (κ1) is 18.1. The Morgan fingerprint density at radius 2 is 2.16 bits per heavy atom. The van der Waals surface area contributed by atoms with Gasteiger partial charge in [-0.1, -0.05) is 0 Å². The van der Waals surface area contributed by atoms with Gasteiger partial charge in [-0.2, -0.15) is 0 Å². The third-order valence-corrected chi connectivity index (χ3v) is 7.47. The number of thiophene rings is 1. The summed E-state index contributed by atoms with van der Waals surface area (Å²) in [5.74, 6) is -0.210. The van der Waals surface area contributed by atoms with Crippen molar-refractivity contribution < 1.29 is 17.9 Å².